The van der Waals surface area contributed by atoms with E-state index >= 15 is 0 Å². The molecule has 2 aliphatic rings. The first-order valence-corrected chi connectivity index (χ1v) is 6.86. The minimum Gasteiger partial charge on any atom is -0.482 e. The molecule has 3 rings (SSSR count). The predicted molar refractivity (Wildman–Crippen MR) is 74.3 cm³/mol. The van der Waals surface area contributed by atoms with Crippen molar-refractivity contribution >= 4 is 11.6 Å². The number of ether oxygens (including phenoxy) is 1. The van der Waals surface area contributed by atoms with Crippen molar-refractivity contribution in [3.8, 4) is 5.75 Å². The van der Waals surface area contributed by atoms with E-state index in [-0.39, 0.29) is 18.6 Å². The SMILES string of the molecule is CC(NCC1(C)CC1)c1ccc2c(c1)NC(=O)CO2. The third kappa shape index (κ3) is 2.73. The molecule has 1 fully saturated rings. The van der Waals surface area contributed by atoms with Gasteiger partial charge in [-0.15, -0.1) is 0 Å². The molecule has 19 heavy (non-hydrogen) atoms. The van der Waals surface area contributed by atoms with Gasteiger partial charge in [-0.1, -0.05) is 13.0 Å². The normalized spacial score (nSPS) is 21.1. The number of benzene rings is 1. The van der Waals surface area contributed by atoms with Crippen LogP contribution in [0.25, 0.3) is 0 Å². The van der Waals surface area contributed by atoms with Crippen molar-refractivity contribution in [3.05, 3.63) is 23.8 Å². The average molecular weight is 260 g/mol. The van der Waals surface area contributed by atoms with E-state index < -0.39 is 0 Å². The van der Waals surface area contributed by atoms with Crippen molar-refractivity contribution in [1.82, 2.24) is 5.32 Å². The number of hydrogen-bond donors (Lipinski definition) is 2. The molecule has 4 nitrogen and oxygen atoms in total. The summed E-state index contributed by atoms with van der Waals surface area (Å²) in [5.41, 5.74) is 2.45. The maximum absolute atomic E-state index is 11.3. The van der Waals surface area contributed by atoms with Gasteiger partial charge in [0.2, 0.25) is 0 Å². The molecule has 2 N–H and O–H groups in total. The Morgan fingerprint density at radius 3 is 3.00 bits per heavy atom. The van der Waals surface area contributed by atoms with Gasteiger partial charge in [-0.05, 0) is 42.9 Å². The average Bonchev–Trinajstić information content (AvgIpc) is 3.13. The lowest BCUT2D eigenvalue weighted by Crippen LogP contribution is -2.27. The van der Waals surface area contributed by atoms with Crippen LogP contribution in [0.1, 0.15) is 38.3 Å². The van der Waals surface area contributed by atoms with E-state index in [9.17, 15) is 4.79 Å². The fraction of sp³-hybridized carbons (Fsp3) is 0.533. The summed E-state index contributed by atoms with van der Waals surface area (Å²) in [4.78, 5) is 11.3. The zero-order valence-corrected chi connectivity index (χ0v) is 11.5. The van der Waals surface area contributed by atoms with E-state index in [2.05, 4.69) is 30.5 Å². The van der Waals surface area contributed by atoms with Gasteiger partial charge in [-0.2, -0.15) is 0 Å². The highest BCUT2D eigenvalue weighted by atomic mass is 16.5. The molecule has 0 aromatic heterocycles. The van der Waals surface area contributed by atoms with Gasteiger partial charge in [-0.3, -0.25) is 4.79 Å². The van der Waals surface area contributed by atoms with Crippen molar-refractivity contribution in [3.63, 3.8) is 0 Å². The van der Waals surface area contributed by atoms with E-state index in [0.29, 0.717) is 5.41 Å². The Balaban J connectivity index is 1.70. The number of fused-ring (bicyclic) bond motifs is 1. The van der Waals surface area contributed by atoms with Crippen molar-refractivity contribution in [2.24, 2.45) is 5.41 Å². The van der Waals surface area contributed by atoms with Gasteiger partial charge in [0.15, 0.2) is 6.61 Å². The smallest absolute Gasteiger partial charge is 0.262 e. The number of nitrogens with one attached hydrogen (secondary N) is 2. The highest BCUT2D eigenvalue weighted by molar-refractivity contribution is 5.95. The number of rotatable bonds is 4. The minimum absolute atomic E-state index is 0.0873. The van der Waals surface area contributed by atoms with Crippen LogP contribution in [0.5, 0.6) is 5.75 Å². The Morgan fingerprint density at radius 2 is 2.26 bits per heavy atom. The second-order valence-electron chi connectivity index (χ2n) is 6.01. The van der Waals surface area contributed by atoms with Crippen LogP contribution < -0.4 is 15.4 Å². The van der Waals surface area contributed by atoms with Gasteiger partial charge in [0.25, 0.3) is 5.91 Å². The zero-order chi connectivity index (χ0) is 13.5. The molecule has 1 aliphatic heterocycles. The summed E-state index contributed by atoms with van der Waals surface area (Å²) in [5, 5.41) is 6.41. The lowest BCUT2D eigenvalue weighted by molar-refractivity contribution is -0.118. The molecule has 1 heterocycles. The van der Waals surface area contributed by atoms with E-state index in [1.54, 1.807) is 0 Å². The molecular weight excluding hydrogens is 240 g/mol. The fourth-order valence-electron chi connectivity index (χ4n) is 2.28. The van der Waals surface area contributed by atoms with Gasteiger partial charge in [0.1, 0.15) is 5.75 Å². The second kappa shape index (κ2) is 4.53. The van der Waals surface area contributed by atoms with Gasteiger partial charge in [-0.25, -0.2) is 0 Å². The minimum atomic E-state index is -0.0873. The molecule has 1 amide bonds. The number of hydrogen-bond acceptors (Lipinski definition) is 3. The van der Waals surface area contributed by atoms with Crippen molar-refractivity contribution < 1.29 is 9.53 Å². The Kier molecular flexibility index (Phi) is 2.97. The lowest BCUT2D eigenvalue weighted by atomic mass is 10.0. The van der Waals surface area contributed by atoms with Gasteiger partial charge in [0.05, 0.1) is 5.69 Å². The van der Waals surface area contributed by atoms with Crippen molar-refractivity contribution in [2.45, 2.75) is 32.7 Å². The summed E-state index contributed by atoms with van der Waals surface area (Å²) in [7, 11) is 0. The van der Waals surface area contributed by atoms with Crippen LogP contribution >= 0.6 is 0 Å². The summed E-state index contributed by atoms with van der Waals surface area (Å²) < 4.78 is 5.36. The predicted octanol–water partition coefficient (Wildman–Crippen LogP) is 2.47. The highest BCUT2D eigenvalue weighted by Crippen LogP contribution is 2.44. The summed E-state index contributed by atoms with van der Waals surface area (Å²) in [6.45, 7) is 5.62. The van der Waals surface area contributed by atoms with Gasteiger partial charge >= 0.3 is 0 Å². The summed E-state index contributed by atoms with van der Waals surface area (Å²) in [6.07, 6.45) is 2.64. The molecular formula is C15H20N2O2. The number of anilines is 1. The first kappa shape index (κ1) is 12.5. The van der Waals surface area contributed by atoms with Crippen LogP contribution in [-0.4, -0.2) is 19.1 Å². The standard InChI is InChI=1S/C15H20N2O2/c1-10(16-9-15(2)5-6-15)11-3-4-13-12(7-11)17-14(18)8-19-13/h3-4,7,10,16H,5-6,8-9H2,1-2H3,(H,17,18). The fourth-order valence-corrected chi connectivity index (χ4v) is 2.28. The third-order valence-corrected chi connectivity index (χ3v) is 4.08. The van der Waals surface area contributed by atoms with Crippen molar-refractivity contribution in [2.75, 3.05) is 18.5 Å². The van der Waals surface area contributed by atoms with Crippen LogP contribution in [0.2, 0.25) is 0 Å². The second-order valence-corrected chi connectivity index (χ2v) is 6.01. The Morgan fingerprint density at radius 1 is 1.47 bits per heavy atom. The van der Waals surface area contributed by atoms with E-state index in [1.807, 2.05) is 12.1 Å². The molecule has 1 saturated carbocycles. The molecule has 1 aromatic carbocycles. The first-order chi connectivity index (χ1) is 9.06. The molecule has 1 unspecified atom stereocenters. The molecule has 0 bridgehead atoms. The van der Waals surface area contributed by atoms with Gasteiger partial charge < -0.3 is 15.4 Å². The largest absolute Gasteiger partial charge is 0.482 e. The monoisotopic (exact) mass is 260 g/mol. The molecule has 1 atom stereocenters. The van der Waals surface area contributed by atoms with Crippen LogP contribution in [0, 0.1) is 5.41 Å². The molecule has 0 radical (unpaired) electrons. The lowest BCUT2D eigenvalue weighted by Gasteiger charge is -2.22. The van der Waals surface area contributed by atoms with Crippen LogP contribution in [0.4, 0.5) is 5.69 Å². The molecule has 4 heteroatoms. The van der Waals surface area contributed by atoms with Crippen LogP contribution in [0.15, 0.2) is 18.2 Å². The Labute approximate surface area is 113 Å². The topological polar surface area (TPSA) is 50.4 Å². The number of carbonyl (C=O) groups is 1. The summed E-state index contributed by atoms with van der Waals surface area (Å²) >= 11 is 0. The van der Waals surface area contributed by atoms with Crippen LogP contribution in [-0.2, 0) is 4.79 Å². The van der Waals surface area contributed by atoms with E-state index in [1.165, 1.54) is 18.4 Å². The third-order valence-electron chi connectivity index (χ3n) is 4.08. The molecule has 102 valence electrons. The molecule has 1 aromatic rings. The number of carbonyl (C=O) groups excluding carboxylic acids is 1. The highest BCUT2D eigenvalue weighted by Gasteiger charge is 2.36. The van der Waals surface area contributed by atoms with Crippen molar-refractivity contribution in [1.29, 1.82) is 0 Å². The molecule has 0 spiro atoms. The maximum atomic E-state index is 11.3. The summed E-state index contributed by atoms with van der Waals surface area (Å²) in [5.74, 6) is 0.667. The number of amides is 1. The van der Waals surface area contributed by atoms with Gasteiger partial charge in [0, 0.05) is 12.6 Å². The maximum Gasteiger partial charge on any atom is 0.262 e. The zero-order valence-electron chi connectivity index (χ0n) is 11.5. The van der Waals surface area contributed by atoms with E-state index in [0.717, 1.165) is 18.0 Å². The quantitative estimate of drug-likeness (QED) is 0.874. The molecule has 0 saturated heterocycles. The first-order valence-electron chi connectivity index (χ1n) is 6.86. The molecule has 1 aliphatic carbocycles. The van der Waals surface area contributed by atoms with E-state index in [4.69, 9.17) is 4.74 Å². The Hall–Kier alpha value is -1.55. The summed E-state index contributed by atoms with van der Waals surface area (Å²) in [6, 6.07) is 6.27. The van der Waals surface area contributed by atoms with Crippen LogP contribution in [0.3, 0.4) is 0 Å². The Bertz CT molecular complexity index is 509.